The van der Waals surface area contributed by atoms with E-state index in [1.807, 2.05) is 13.0 Å². The first kappa shape index (κ1) is 19.4. The Balaban J connectivity index is 1.74. The highest BCUT2D eigenvalue weighted by Crippen LogP contribution is 2.34. The lowest BCUT2D eigenvalue weighted by atomic mass is 10.0. The molecule has 4 rings (SSSR count). The normalized spacial score (nSPS) is 13.7. The zero-order chi connectivity index (χ0) is 21.1. The summed E-state index contributed by atoms with van der Waals surface area (Å²) in [7, 11) is 0. The molecule has 0 bridgehead atoms. The Bertz CT molecular complexity index is 1110. The first-order chi connectivity index (χ1) is 14.6. The predicted molar refractivity (Wildman–Crippen MR) is 113 cm³/mol. The first-order valence-corrected chi connectivity index (χ1v) is 9.52. The molecular formula is C24H19FN2O3. The van der Waals surface area contributed by atoms with Crippen LogP contribution in [0.4, 0.5) is 15.8 Å². The van der Waals surface area contributed by atoms with Gasteiger partial charge in [-0.25, -0.2) is 9.29 Å². The van der Waals surface area contributed by atoms with Crippen molar-refractivity contribution in [2.75, 3.05) is 16.8 Å². The molecule has 6 heteroatoms. The van der Waals surface area contributed by atoms with E-state index in [-0.39, 0.29) is 11.3 Å². The zero-order valence-electron chi connectivity index (χ0n) is 16.3. The molecule has 0 radical (unpaired) electrons. The Morgan fingerprint density at radius 1 is 0.867 bits per heavy atom. The molecular weight excluding hydrogens is 383 g/mol. The molecule has 30 heavy (non-hydrogen) atoms. The smallest absolute Gasteiger partial charge is 0.282 e. The fourth-order valence-electron chi connectivity index (χ4n) is 3.29. The van der Waals surface area contributed by atoms with Gasteiger partial charge in [0.2, 0.25) is 0 Å². The van der Waals surface area contributed by atoms with E-state index in [4.69, 9.17) is 4.74 Å². The van der Waals surface area contributed by atoms with Gasteiger partial charge in [-0.2, -0.15) is 0 Å². The summed E-state index contributed by atoms with van der Waals surface area (Å²) in [5, 5.41) is 3.09. The van der Waals surface area contributed by atoms with Crippen molar-refractivity contribution in [3.8, 4) is 5.75 Å². The molecule has 5 nitrogen and oxygen atoms in total. The van der Waals surface area contributed by atoms with Crippen molar-refractivity contribution < 1.29 is 18.7 Å². The summed E-state index contributed by atoms with van der Waals surface area (Å²) >= 11 is 0. The van der Waals surface area contributed by atoms with E-state index in [0.717, 1.165) is 4.90 Å². The van der Waals surface area contributed by atoms with E-state index >= 15 is 0 Å². The molecule has 1 heterocycles. The van der Waals surface area contributed by atoms with Crippen molar-refractivity contribution in [1.29, 1.82) is 0 Å². The number of ether oxygens (including phenoxy) is 1. The summed E-state index contributed by atoms with van der Waals surface area (Å²) < 4.78 is 18.8. The molecule has 150 valence electrons. The van der Waals surface area contributed by atoms with Crippen LogP contribution in [0.1, 0.15) is 12.5 Å². The lowest BCUT2D eigenvalue weighted by Crippen LogP contribution is -2.32. The maximum Gasteiger partial charge on any atom is 0.282 e. The third kappa shape index (κ3) is 3.67. The molecule has 0 aliphatic carbocycles. The summed E-state index contributed by atoms with van der Waals surface area (Å²) in [6.45, 7) is 2.45. The Kier molecular flexibility index (Phi) is 5.30. The standard InChI is InChI=1S/C24H19FN2O3/c1-2-30-20-14-10-18(11-15-20)26-22-21(16-6-4-3-5-7-16)23(28)27(24(22)29)19-12-8-17(25)9-13-19/h3-15,26H,2H2,1H3. The number of anilines is 2. The van der Waals surface area contributed by atoms with Crippen molar-refractivity contribution >= 4 is 28.8 Å². The SMILES string of the molecule is CCOc1ccc(NC2=C(c3ccccc3)C(=O)N(c3ccc(F)cc3)C2=O)cc1. The van der Waals surface area contributed by atoms with Gasteiger partial charge in [-0.3, -0.25) is 9.59 Å². The van der Waals surface area contributed by atoms with Crippen molar-refractivity contribution in [2.24, 2.45) is 0 Å². The quantitative estimate of drug-likeness (QED) is 0.611. The van der Waals surface area contributed by atoms with E-state index in [1.54, 1.807) is 48.5 Å². The third-order valence-electron chi connectivity index (χ3n) is 4.67. The molecule has 3 aromatic rings. The number of nitrogens with zero attached hydrogens (tertiary/aromatic N) is 1. The zero-order valence-corrected chi connectivity index (χ0v) is 16.3. The molecule has 1 aliphatic rings. The second-order valence-corrected chi connectivity index (χ2v) is 6.62. The molecule has 0 saturated carbocycles. The van der Waals surface area contributed by atoms with Crippen molar-refractivity contribution in [2.45, 2.75) is 6.92 Å². The predicted octanol–water partition coefficient (Wildman–Crippen LogP) is 4.62. The fraction of sp³-hybridized carbons (Fsp3) is 0.0833. The molecule has 1 N–H and O–H groups in total. The average Bonchev–Trinajstić information content (AvgIpc) is 3.00. The third-order valence-corrected chi connectivity index (χ3v) is 4.67. The Morgan fingerprint density at radius 3 is 2.17 bits per heavy atom. The van der Waals surface area contributed by atoms with Crippen LogP contribution in [0, 0.1) is 5.82 Å². The van der Waals surface area contributed by atoms with Gasteiger partial charge in [-0.15, -0.1) is 0 Å². The van der Waals surface area contributed by atoms with Gasteiger partial charge >= 0.3 is 0 Å². The van der Waals surface area contributed by atoms with Crippen LogP contribution in [-0.4, -0.2) is 18.4 Å². The van der Waals surface area contributed by atoms with Gasteiger partial charge in [-0.1, -0.05) is 30.3 Å². The van der Waals surface area contributed by atoms with E-state index in [9.17, 15) is 14.0 Å². The van der Waals surface area contributed by atoms with E-state index in [1.165, 1.54) is 24.3 Å². The van der Waals surface area contributed by atoms with Crippen LogP contribution >= 0.6 is 0 Å². The van der Waals surface area contributed by atoms with Crippen LogP contribution in [0.2, 0.25) is 0 Å². The van der Waals surface area contributed by atoms with E-state index < -0.39 is 17.6 Å². The van der Waals surface area contributed by atoms with Crippen LogP contribution in [0.5, 0.6) is 5.75 Å². The molecule has 1 aliphatic heterocycles. The minimum atomic E-state index is -0.501. The number of amides is 2. The molecule has 3 aromatic carbocycles. The van der Waals surface area contributed by atoms with Gasteiger partial charge in [0.15, 0.2) is 0 Å². The van der Waals surface area contributed by atoms with E-state index in [2.05, 4.69) is 5.32 Å². The molecule has 0 atom stereocenters. The molecule has 2 amide bonds. The Morgan fingerprint density at radius 2 is 1.53 bits per heavy atom. The number of carbonyl (C=O) groups is 2. The number of hydrogen-bond acceptors (Lipinski definition) is 4. The topological polar surface area (TPSA) is 58.6 Å². The largest absolute Gasteiger partial charge is 0.494 e. The van der Waals surface area contributed by atoms with E-state index in [0.29, 0.717) is 29.3 Å². The summed E-state index contributed by atoms with van der Waals surface area (Å²) in [6.07, 6.45) is 0. The number of benzene rings is 3. The number of hydrogen-bond donors (Lipinski definition) is 1. The number of carbonyl (C=O) groups excluding carboxylic acids is 2. The summed E-state index contributed by atoms with van der Waals surface area (Å²) in [5.41, 5.74) is 2.00. The average molecular weight is 402 g/mol. The van der Waals surface area contributed by atoms with Crippen molar-refractivity contribution in [3.63, 3.8) is 0 Å². The minimum Gasteiger partial charge on any atom is -0.494 e. The lowest BCUT2D eigenvalue weighted by Gasteiger charge is -2.15. The maximum atomic E-state index is 13.3. The number of imide groups is 1. The summed E-state index contributed by atoms with van der Waals surface area (Å²) in [6, 6.07) is 21.4. The highest BCUT2D eigenvalue weighted by molar-refractivity contribution is 6.46. The van der Waals surface area contributed by atoms with Crippen LogP contribution in [-0.2, 0) is 9.59 Å². The first-order valence-electron chi connectivity index (χ1n) is 9.52. The van der Waals surface area contributed by atoms with Gasteiger partial charge in [0.05, 0.1) is 17.9 Å². The molecule has 0 fully saturated rings. The fourth-order valence-corrected chi connectivity index (χ4v) is 3.29. The van der Waals surface area contributed by atoms with Gasteiger partial charge < -0.3 is 10.1 Å². The van der Waals surface area contributed by atoms with Crippen LogP contribution < -0.4 is 15.0 Å². The van der Waals surface area contributed by atoms with Crippen LogP contribution in [0.15, 0.2) is 84.6 Å². The van der Waals surface area contributed by atoms with Gasteiger partial charge in [0.25, 0.3) is 11.8 Å². The van der Waals surface area contributed by atoms with Gasteiger partial charge in [-0.05, 0) is 61.0 Å². The molecule has 0 aromatic heterocycles. The van der Waals surface area contributed by atoms with Gasteiger partial charge in [0.1, 0.15) is 17.3 Å². The second-order valence-electron chi connectivity index (χ2n) is 6.62. The summed E-state index contributed by atoms with van der Waals surface area (Å²) in [5.74, 6) is -0.700. The lowest BCUT2D eigenvalue weighted by molar-refractivity contribution is -0.120. The van der Waals surface area contributed by atoms with Crippen molar-refractivity contribution in [1.82, 2.24) is 0 Å². The maximum absolute atomic E-state index is 13.3. The highest BCUT2D eigenvalue weighted by Gasteiger charge is 2.40. The highest BCUT2D eigenvalue weighted by atomic mass is 19.1. The Hall–Kier alpha value is -3.93. The van der Waals surface area contributed by atoms with Gasteiger partial charge in [0, 0.05) is 5.69 Å². The summed E-state index contributed by atoms with van der Waals surface area (Å²) in [4.78, 5) is 27.5. The minimum absolute atomic E-state index is 0.166. The van der Waals surface area contributed by atoms with Crippen molar-refractivity contribution in [3.05, 3.63) is 95.9 Å². The molecule has 0 spiro atoms. The number of rotatable bonds is 6. The number of halogens is 1. The van der Waals surface area contributed by atoms with Crippen LogP contribution in [0.3, 0.4) is 0 Å². The molecule has 0 unspecified atom stereocenters. The Labute approximate surface area is 173 Å². The monoisotopic (exact) mass is 402 g/mol. The second kappa shape index (κ2) is 8.21. The molecule has 0 saturated heterocycles. The van der Waals surface area contributed by atoms with Crippen LogP contribution in [0.25, 0.3) is 5.57 Å². The number of nitrogens with one attached hydrogen (secondary N) is 1.